The Morgan fingerprint density at radius 3 is 2.43 bits per heavy atom. The number of anilines is 1. The molecule has 0 unspecified atom stereocenters. The number of phenolic OH excluding ortho intramolecular Hbond substituents is 1. The molecule has 0 aliphatic rings. The van der Waals surface area contributed by atoms with E-state index in [2.05, 4.69) is 36.2 Å². The zero-order valence-corrected chi connectivity index (χ0v) is 12.6. The maximum atomic E-state index is 9.89. The first kappa shape index (κ1) is 15.1. The molecule has 1 heterocycles. The van der Waals surface area contributed by atoms with Crippen LogP contribution in [0.5, 0.6) is 11.5 Å². The maximum absolute atomic E-state index is 9.89. The Balaban J connectivity index is 2.55. The summed E-state index contributed by atoms with van der Waals surface area (Å²) in [6.07, 6.45) is 0. The van der Waals surface area contributed by atoms with Crippen molar-refractivity contribution in [3.05, 3.63) is 30.0 Å². The second-order valence-electron chi connectivity index (χ2n) is 5.74. The smallest absolute Gasteiger partial charge is 0.161 e. The van der Waals surface area contributed by atoms with Gasteiger partial charge < -0.3 is 15.3 Å². The van der Waals surface area contributed by atoms with E-state index in [1.165, 1.54) is 7.11 Å². The van der Waals surface area contributed by atoms with Crippen molar-refractivity contribution < 1.29 is 9.84 Å². The number of nitrogens with zero attached hydrogens (tertiary/aromatic N) is 2. The minimum Gasteiger partial charge on any atom is -0.504 e. The van der Waals surface area contributed by atoms with Crippen LogP contribution in [-0.2, 0) is 5.41 Å². The van der Waals surface area contributed by atoms with Crippen molar-refractivity contribution in [1.29, 1.82) is 0 Å². The lowest BCUT2D eigenvalue weighted by Crippen LogP contribution is -2.17. The Hall–Kier alpha value is -2.34. The number of nitrogens with one attached hydrogen (secondary N) is 1. The van der Waals surface area contributed by atoms with Crippen LogP contribution in [0.15, 0.2) is 24.3 Å². The van der Waals surface area contributed by atoms with Gasteiger partial charge in [0.1, 0.15) is 5.82 Å². The molecule has 0 saturated heterocycles. The fourth-order valence-electron chi connectivity index (χ4n) is 1.86. The van der Waals surface area contributed by atoms with Crippen LogP contribution < -0.4 is 16.0 Å². The van der Waals surface area contributed by atoms with E-state index in [1.807, 2.05) is 6.07 Å². The molecule has 4 N–H and O–H groups in total. The lowest BCUT2D eigenvalue weighted by Gasteiger charge is -2.19. The number of hydrazine groups is 1. The largest absolute Gasteiger partial charge is 0.504 e. The number of phenols is 1. The standard InChI is InChI=1S/C15H20N4O2/c1-15(2,3)12-8-13(19-16)18-14(17-12)9-5-6-11(21-4)10(20)7-9/h5-8,20H,16H2,1-4H3,(H,17,18,19). The first-order valence-corrected chi connectivity index (χ1v) is 6.58. The second kappa shape index (κ2) is 5.57. The van der Waals surface area contributed by atoms with Gasteiger partial charge in [-0.15, -0.1) is 0 Å². The van der Waals surface area contributed by atoms with Gasteiger partial charge in [0.15, 0.2) is 17.3 Å². The van der Waals surface area contributed by atoms with Crippen LogP contribution in [0.4, 0.5) is 5.82 Å². The van der Waals surface area contributed by atoms with Crippen molar-refractivity contribution >= 4 is 5.82 Å². The number of aromatic hydroxyl groups is 1. The van der Waals surface area contributed by atoms with Crippen LogP contribution in [0.2, 0.25) is 0 Å². The van der Waals surface area contributed by atoms with Gasteiger partial charge in [0.05, 0.1) is 12.8 Å². The highest BCUT2D eigenvalue weighted by atomic mass is 16.5. The molecule has 21 heavy (non-hydrogen) atoms. The molecule has 0 aliphatic heterocycles. The summed E-state index contributed by atoms with van der Waals surface area (Å²) in [5.41, 5.74) is 3.96. The van der Waals surface area contributed by atoms with Crippen molar-refractivity contribution in [1.82, 2.24) is 9.97 Å². The second-order valence-corrected chi connectivity index (χ2v) is 5.74. The highest BCUT2D eigenvalue weighted by Crippen LogP contribution is 2.31. The predicted octanol–water partition coefficient (Wildman–Crippen LogP) is 2.44. The predicted molar refractivity (Wildman–Crippen MR) is 82.2 cm³/mol. The van der Waals surface area contributed by atoms with Crippen LogP contribution in [0.3, 0.4) is 0 Å². The lowest BCUT2D eigenvalue weighted by atomic mass is 9.92. The number of nitrogens with two attached hydrogens (primary N) is 1. The summed E-state index contributed by atoms with van der Waals surface area (Å²) in [6.45, 7) is 6.18. The summed E-state index contributed by atoms with van der Waals surface area (Å²) in [5, 5.41) is 9.89. The molecule has 112 valence electrons. The summed E-state index contributed by atoms with van der Waals surface area (Å²) in [4.78, 5) is 8.89. The SMILES string of the molecule is COc1ccc(-c2nc(NN)cc(C(C)(C)C)n2)cc1O. The molecular formula is C15H20N4O2. The highest BCUT2D eigenvalue weighted by Gasteiger charge is 2.18. The van der Waals surface area contributed by atoms with Crippen LogP contribution >= 0.6 is 0 Å². The Bertz CT molecular complexity index is 651. The van der Waals surface area contributed by atoms with Crippen LogP contribution in [0.25, 0.3) is 11.4 Å². The van der Waals surface area contributed by atoms with E-state index in [4.69, 9.17) is 10.6 Å². The van der Waals surface area contributed by atoms with Crippen molar-refractivity contribution in [2.75, 3.05) is 12.5 Å². The van der Waals surface area contributed by atoms with Gasteiger partial charge in [-0.25, -0.2) is 15.8 Å². The molecule has 0 saturated carbocycles. The quantitative estimate of drug-likeness (QED) is 0.593. The summed E-state index contributed by atoms with van der Waals surface area (Å²) in [5.74, 6) is 6.95. The third-order valence-corrected chi connectivity index (χ3v) is 3.08. The Kier molecular flexibility index (Phi) is 3.99. The number of hydrogen-bond donors (Lipinski definition) is 3. The molecule has 0 spiro atoms. The molecule has 2 aromatic rings. The molecule has 0 bridgehead atoms. The summed E-state index contributed by atoms with van der Waals surface area (Å²) in [6, 6.07) is 6.85. The van der Waals surface area contributed by atoms with Crippen LogP contribution in [-0.4, -0.2) is 22.2 Å². The molecule has 0 amide bonds. The first-order valence-electron chi connectivity index (χ1n) is 6.58. The van der Waals surface area contributed by atoms with E-state index in [9.17, 15) is 5.11 Å². The fraction of sp³-hybridized carbons (Fsp3) is 0.333. The fourth-order valence-corrected chi connectivity index (χ4v) is 1.86. The number of aromatic nitrogens is 2. The van der Waals surface area contributed by atoms with Crippen LogP contribution in [0, 0.1) is 0 Å². The Morgan fingerprint density at radius 1 is 1.19 bits per heavy atom. The van der Waals surface area contributed by atoms with Crippen molar-refractivity contribution in [3.8, 4) is 22.9 Å². The van der Waals surface area contributed by atoms with Gasteiger partial charge in [-0.2, -0.15) is 0 Å². The van der Waals surface area contributed by atoms with Crippen molar-refractivity contribution in [2.45, 2.75) is 26.2 Å². The minimum absolute atomic E-state index is 0.0435. The molecule has 2 rings (SSSR count). The van der Waals surface area contributed by atoms with Crippen molar-refractivity contribution in [3.63, 3.8) is 0 Å². The highest BCUT2D eigenvalue weighted by molar-refractivity contribution is 5.62. The zero-order chi connectivity index (χ0) is 15.6. The molecular weight excluding hydrogens is 268 g/mol. The monoisotopic (exact) mass is 288 g/mol. The van der Waals surface area contributed by atoms with E-state index in [0.29, 0.717) is 23.0 Å². The molecule has 1 aromatic carbocycles. The number of benzene rings is 1. The van der Waals surface area contributed by atoms with E-state index in [1.54, 1.807) is 18.2 Å². The molecule has 0 aliphatic carbocycles. The average Bonchev–Trinajstić information content (AvgIpc) is 2.45. The zero-order valence-electron chi connectivity index (χ0n) is 12.6. The minimum atomic E-state index is -0.141. The lowest BCUT2D eigenvalue weighted by molar-refractivity contribution is 0.373. The van der Waals surface area contributed by atoms with Gasteiger partial charge in [0.25, 0.3) is 0 Å². The Labute approximate surface area is 124 Å². The summed E-state index contributed by atoms with van der Waals surface area (Å²) >= 11 is 0. The number of methoxy groups -OCH3 is 1. The summed E-state index contributed by atoms with van der Waals surface area (Å²) < 4.78 is 5.04. The number of ether oxygens (including phenoxy) is 1. The van der Waals surface area contributed by atoms with Gasteiger partial charge in [0, 0.05) is 17.0 Å². The van der Waals surface area contributed by atoms with E-state index >= 15 is 0 Å². The van der Waals surface area contributed by atoms with E-state index < -0.39 is 0 Å². The van der Waals surface area contributed by atoms with E-state index in [0.717, 1.165) is 5.69 Å². The van der Waals surface area contributed by atoms with Gasteiger partial charge in [0.2, 0.25) is 0 Å². The van der Waals surface area contributed by atoms with Gasteiger partial charge >= 0.3 is 0 Å². The van der Waals surface area contributed by atoms with Crippen molar-refractivity contribution in [2.24, 2.45) is 5.84 Å². The first-order chi connectivity index (χ1) is 9.85. The number of rotatable bonds is 3. The van der Waals surface area contributed by atoms with Crippen LogP contribution in [0.1, 0.15) is 26.5 Å². The Morgan fingerprint density at radius 2 is 1.90 bits per heavy atom. The molecule has 6 nitrogen and oxygen atoms in total. The maximum Gasteiger partial charge on any atom is 0.161 e. The third kappa shape index (κ3) is 3.22. The van der Waals surface area contributed by atoms with Gasteiger partial charge in [-0.3, -0.25) is 0 Å². The normalized spacial score (nSPS) is 11.3. The number of nitrogen functional groups attached to an aromatic ring is 1. The molecule has 0 fully saturated rings. The van der Waals surface area contributed by atoms with Gasteiger partial charge in [-0.1, -0.05) is 20.8 Å². The molecule has 0 atom stereocenters. The summed E-state index contributed by atoms with van der Waals surface area (Å²) in [7, 11) is 1.50. The third-order valence-electron chi connectivity index (χ3n) is 3.08. The van der Waals surface area contributed by atoms with Gasteiger partial charge in [-0.05, 0) is 18.2 Å². The average molecular weight is 288 g/mol. The number of hydrogen-bond acceptors (Lipinski definition) is 6. The molecule has 1 aromatic heterocycles. The topological polar surface area (TPSA) is 93.3 Å². The molecule has 0 radical (unpaired) electrons. The van der Waals surface area contributed by atoms with E-state index in [-0.39, 0.29) is 11.2 Å². The molecule has 6 heteroatoms.